The Hall–Kier alpha value is -2.89. The highest BCUT2D eigenvalue weighted by atomic mass is 16.5. The highest BCUT2D eigenvalue weighted by Crippen LogP contribution is 2.66. The first kappa shape index (κ1) is 21.9. The summed E-state index contributed by atoms with van der Waals surface area (Å²) in [6.07, 6.45) is 7.67. The van der Waals surface area contributed by atoms with Crippen LogP contribution < -0.4 is 5.32 Å². The Balaban J connectivity index is 1.29. The number of amides is 2. The van der Waals surface area contributed by atoms with E-state index in [1.807, 2.05) is 0 Å². The van der Waals surface area contributed by atoms with Gasteiger partial charge in [0.15, 0.2) is 6.61 Å². The topological polar surface area (TPSA) is 77.4 Å². The Kier molecular flexibility index (Phi) is 5.22. The van der Waals surface area contributed by atoms with Crippen LogP contribution in [0.25, 0.3) is 0 Å². The normalized spacial score (nSPS) is 29.7. The van der Waals surface area contributed by atoms with Gasteiger partial charge in [-0.2, -0.15) is 0 Å². The van der Waals surface area contributed by atoms with Crippen LogP contribution >= 0.6 is 0 Å². The lowest BCUT2D eigenvalue weighted by Gasteiger charge is -2.61. The van der Waals surface area contributed by atoms with Crippen LogP contribution in [0.2, 0.25) is 0 Å². The summed E-state index contributed by atoms with van der Waals surface area (Å²) >= 11 is 0. The highest BCUT2D eigenvalue weighted by Gasteiger charge is 2.61. The quantitative estimate of drug-likeness (QED) is 0.702. The van der Waals surface area contributed by atoms with Gasteiger partial charge in [0, 0.05) is 13.2 Å². The molecule has 1 N–H and O–H groups in total. The zero-order valence-electron chi connectivity index (χ0n) is 19.6. The van der Waals surface area contributed by atoms with E-state index in [0.29, 0.717) is 17.5 Å². The molecule has 2 unspecified atom stereocenters. The second kappa shape index (κ2) is 7.86. The van der Waals surface area contributed by atoms with Crippen molar-refractivity contribution in [1.82, 2.24) is 9.88 Å². The van der Waals surface area contributed by atoms with Crippen LogP contribution in [0.4, 0.5) is 0 Å². The number of hydrogen-bond acceptors (Lipinski definition) is 4. The molecule has 1 aromatic heterocycles. The van der Waals surface area contributed by atoms with Crippen molar-refractivity contribution < 1.29 is 19.1 Å². The predicted molar refractivity (Wildman–Crippen MR) is 124 cm³/mol. The number of nitrogens with one attached hydrogen (secondary N) is 1. The van der Waals surface area contributed by atoms with Crippen molar-refractivity contribution in [1.29, 1.82) is 0 Å². The molecule has 2 amide bonds. The molecule has 174 valence electrons. The molecule has 0 spiro atoms. The molecular formula is C27H32N2O4. The van der Waals surface area contributed by atoms with Gasteiger partial charge in [0.2, 0.25) is 0 Å². The molecular weight excluding hydrogens is 416 g/mol. The number of carbonyl (C=O) groups is 3. The summed E-state index contributed by atoms with van der Waals surface area (Å²) in [5, 5.41) is 2.32. The molecule has 4 saturated carbocycles. The second-order valence-corrected chi connectivity index (χ2v) is 10.8. The van der Waals surface area contributed by atoms with Crippen molar-refractivity contribution in [3.8, 4) is 0 Å². The largest absolute Gasteiger partial charge is 0.455 e. The SMILES string of the molecule is Cc1ccc(C23CC4CC(CC(C(=O)OCC(=O)NC(=O)c5cccn5C)(C4)C2)C3)cc1C. The zero-order valence-corrected chi connectivity index (χ0v) is 19.6. The lowest BCUT2D eigenvalue weighted by molar-refractivity contribution is -0.175. The molecule has 6 heteroatoms. The number of rotatable bonds is 5. The number of imide groups is 1. The van der Waals surface area contributed by atoms with Crippen molar-refractivity contribution in [3.05, 3.63) is 58.9 Å². The van der Waals surface area contributed by atoms with E-state index in [2.05, 4.69) is 37.4 Å². The third kappa shape index (κ3) is 3.79. The number of ether oxygens (including phenoxy) is 1. The first-order chi connectivity index (χ1) is 15.7. The van der Waals surface area contributed by atoms with Gasteiger partial charge in [-0.25, -0.2) is 0 Å². The Morgan fingerprint density at radius 1 is 1.06 bits per heavy atom. The minimum Gasteiger partial charge on any atom is -0.455 e. The molecule has 2 aromatic rings. The Morgan fingerprint density at radius 3 is 2.42 bits per heavy atom. The van der Waals surface area contributed by atoms with Crippen LogP contribution in [0, 0.1) is 31.1 Å². The number of aromatic nitrogens is 1. The van der Waals surface area contributed by atoms with Crippen molar-refractivity contribution >= 4 is 17.8 Å². The Morgan fingerprint density at radius 2 is 1.79 bits per heavy atom. The molecule has 4 fully saturated rings. The van der Waals surface area contributed by atoms with E-state index in [-0.39, 0.29) is 11.4 Å². The van der Waals surface area contributed by atoms with Crippen molar-refractivity contribution in [2.75, 3.05) is 6.61 Å². The van der Waals surface area contributed by atoms with Gasteiger partial charge in [0.25, 0.3) is 11.8 Å². The monoisotopic (exact) mass is 448 g/mol. The van der Waals surface area contributed by atoms with Gasteiger partial charge in [-0.3, -0.25) is 19.7 Å². The third-order valence-electron chi connectivity index (χ3n) is 8.38. The summed E-state index contributed by atoms with van der Waals surface area (Å²) in [6, 6.07) is 10.1. The minimum atomic E-state index is -0.594. The second-order valence-electron chi connectivity index (χ2n) is 10.8. The fourth-order valence-corrected chi connectivity index (χ4v) is 7.12. The first-order valence-electron chi connectivity index (χ1n) is 11.9. The smallest absolute Gasteiger partial charge is 0.312 e. The Labute approximate surface area is 194 Å². The first-order valence-corrected chi connectivity index (χ1v) is 11.9. The maximum absolute atomic E-state index is 13.4. The summed E-state index contributed by atoms with van der Waals surface area (Å²) in [5.74, 6) is -0.317. The van der Waals surface area contributed by atoms with Gasteiger partial charge in [0.05, 0.1) is 5.41 Å². The van der Waals surface area contributed by atoms with Crippen molar-refractivity contribution in [3.63, 3.8) is 0 Å². The van der Waals surface area contributed by atoms with Gasteiger partial charge in [-0.1, -0.05) is 18.2 Å². The molecule has 0 radical (unpaired) electrons. The molecule has 1 heterocycles. The molecule has 33 heavy (non-hydrogen) atoms. The van der Waals surface area contributed by atoms with Crippen LogP contribution in [0.5, 0.6) is 0 Å². The number of esters is 1. The van der Waals surface area contributed by atoms with Gasteiger partial charge >= 0.3 is 5.97 Å². The molecule has 4 aliphatic rings. The van der Waals surface area contributed by atoms with E-state index in [1.54, 1.807) is 29.9 Å². The van der Waals surface area contributed by atoms with E-state index in [9.17, 15) is 14.4 Å². The summed E-state index contributed by atoms with van der Waals surface area (Å²) in [4.78, 5) is 38.0. The maximum Gasteiger partial charge on any atom is 0.312 e. The van der Waals surface area contributed by atoms with E-state index in [4.69, 9.17) is 4.74 Å². The third-order valence-corrected chi connectivity index (χ3v) is 8.38. The molecule has 2 atom stereocenters. The lowest BCUT2D eigenvalue weighted by Crippen LogP contribution is -2.57. The molecule has 6 rings (SSSR count). The van der Waals surface area contributed by atoms with Crippen molar-refractivity contribution in [2.45, 2.75) is 57.8 Å². The lowest BCUT2D eigenvalue weighted by atomic mass is 9.43. The Bertz CT molecular complexity index is 1120. The minimum absolute atomic E-state index is 0.0202. The fourth-order valence-electron chi connectivity index (χ4n) is 7.12. The summed E-state index contributed by atoms with van der Waals surface area (Å²) in [6.45, 7) is 3.85. The van der Waals surface area contributed by atoms with E-state index < -0.39 is 23.8 Å². The summed E-state index contributed by atoms with van der Waals surface area (Å²) in [5.41, 5.74) is 3.80. The van der Waals surface area contributed by atoms with E-state index in [0.717, 1.165) is 32.1 Å². The predicted octanol–water partition coefficient (Wildman–Crippen LogP) is 3.98. The summed E-state index contributed by atoms with van der Waals surface area (Å²) in [7, 11) is 1.73. The van der Waals surface area contributed by atoms with Gasteiger partial charge in [-0.15, -0.1) is 0 Å². The van der Waals surface area contributed by atoms with Crippen LogP contribution in [-0.2, 0) is 26.8 Å². The summed E-state index contributed by atoms with van der Waals surface area (Å²) < 4.78 is 7.19. The molecule has 0 aliphatic heterocycles. The van der Waals surface area contributed by atoms with Crippen LogP contribution in [-0.4, -0.2) is 29.0 Å². The van der Waals surface area contributed by atoms with E-state index in [1.165, 1.54) is 23.1 Å². The van der Waals surface area contributed by atoms with Crippen LogP contribution in [0.15, 0.2) is 36.5 Å². The van der Waals surface area contributed by atoms with Crippen molar-refractivity contribution in [2.24, 2.45) is 24.3 Å². The van der Waals surface area contributed by atoms with E-state index >= 15 is 0 Å². The molecule has 1 aromatic carbocycles. The van der Waals surface area contributed by atoms with Gasteiger partial charge < -0.3 is 9.30 Å². The zero-order chi connectivity index (χ0) is 23.4. The van der Waals surface area contributed by atoms with Crippen LogP contribution in [0.1, 0.15) is 65.7 Å². The average Bonchev–Trinajstić information content (AvgIpc) is 3.19. The standard InChI is InChI=1S/C27H32N2O4/c1-17-6-7-21(9-18(17)2)26-11-19-10-20(12-26)14-27(13-19,16-26)25(32)33-15-23(30)28-24(31)22-5-4-8-29(22)3/h4-9,19-20H,10-16H2,1-3H3,(H,28,30,31). The van der Waals surface area contributed by atoms with Gasteiger partial charge in [-0.05, 0) is 98.4 Å². The number of benzene rings is 1. The average molecular weight is 449 g/mol. The van der Waals surface area contributed by atoms with Gasteiger partial charge in [0.1, 0.15) is 5.69 Å². The maximum atomic E-state index is 13.4. The molecule has 6 nitrogen and oxygen atoms in total. The highest BCUT2D eigenvalue weighted by molar-refractivity contribution is 6.04. The number of carbonyl (C=O) groups excluding carboxylic acids is 3. The molecule has 4 aliphatic carbocycles. The number of aryl methyl sites for hydroxylation is 3. The number of nitrogens with zero attached hydrogens (tertiary/aromatic N) is 1. The molecule has 4 bridgehead atoms. The fraction of sp³-hybridized carbons (Fsp3) is 0.519. The van der Waals surface area contributed by atoms with Crippen LogP contribution in [0.3, 0.4) is 0 Å². The number of hydrogen-bond donors (Lipinski definition) is 1. The molecule has 0 saturated heterocycles.